The van der Waals surface area contributed by atoms with Crippen molar-refractivity contribution in [2.45, 2.75) is 25.3 Å². The number of rotatable bonds is 7. The molecule has 0 radical (unpaired) electrons. The Kier molecular flexibility index (Phi) is 7.98. The number of hydrogen-bond acceptors (Lipinski definition) is 5. The summed E-state index contributed by atoms with van der Waals surface area (Å²) in [6.45, 7) is 1.70. The van der Waals surface area contributed by atoms with Crippen LogP contribution >= 0.6 is 12.4 Å². The van der Waals surface area contributed by atoms with Gasteiger partial charge in [-0.15, -0.1) is 12.4 Å². The first-order valence-corrected chi connectivity index (χ1v) is 7.51. The summed E-state index contributed by atoms with van der Waals surface area (Å²) in [7, 11) is 4.58. The highest BCUT2D eigenvalue weighted by Crippen LogP contribution is 2.39. The van der Waals surface area contributed by atoms with Crippen molar-refractivity contribution in [3.8, 4) is 17.2 Å². The topological polar surface area (TPSA) is 68.8 Å². The average molecular weight is 345 g/mol. The lowest BCUT2D eigenvalue weighted by Crippen LogP contribution is -2.30. The van der Waals surface area contributed by atoms with E-state index in [0.29, 0.717) is 35.4 Å². The standard InChI is InChI=1S/C16H24N2O4.ClH/c1-20-13-7-6-12(14(21-2)15(13)22-3)16(19)18-10-8-11-5-4-9-17-11;/h6-7,11,17H,4-5,8-10H2,1-3H3,(H,18,19);1H/t11-;/m1./s1. The molecule has 1 aromatic carbocycles. The van der Waals surface area contributed by atoms with E-state index >= 15 is 0 Å². The first kappa shape index (κ1) is 19.4. The maximum absolute atomic E-state index is 12.4. The van der Waals surface area contributed by atoms with Gasteiger partial charge in [-0.1, -0.05) is 0 Å². The van der Waals surface area contributed by atoms with Crippen molar-refractivity contribution in [3.63, 3.8) is 0 Å². The minimum atomic E-state index is -0.171. The van der Waals surface area contributed by atoms with Crippen LogP contribution in [0.15, 0.2) is 12.1 Å². The summed E-state index contributed by atoms with van der Waals surface area (Å²) in [5, 5.41) is 6.35. The molecule has 23 heavy (non-hydrogen) atoms. The van der Waals surface area contributed by atoms with Gasteiger partial charge in [0.1, 0.15) is 0 Å². The van der Waals surface area contributed by atoms with Crippen LogP contribution < -0.4 is 24.8 Å². The van der Waals surface area contributed by atoms with Crippen molar-refractivity contribution in [1.82, 2.24) is 10.6 Å². The molecule has 130 valence electrons. The number of halogens is 1. The van der Waals surface area contributed by atoms with Gasteiger partial charge in [0.2, 0.25) is 5.75 Å². The highest BCUT2D eigenvalue weighted by molar-refractivity contribution is 5.98. The molecule has 1 aliphatic heterocycles. The highest BCUT2D eigenvalue weighted by Gasteiger charge is 2.21. The Morgan fingerprint density at radius 2 is 1.96 bits per heavy atom. The van der Waals surface area contributed by atoms with Crippen molar-refractivity contribution in [2.75, 3.05) is 34.4 Å². The van der Waals surface area contributed by atoms with Crippen LogP contribution in [0.5, 0.6) is 17.2 Å². The van der Waals surface area contributed by atoms with Gasteiger partial charge in [0.25, 0.3) is 5.91 Å². The van der Waals surface area contributed by atoms with E-state index in [4.69, 9.17) is 14.2 Å². The van der Waals surface area contributed by atoms with Gasteiger partial charge in [0, 0.05) is 12.6 Å². The summed E-state index contributed by atoms with van der Waals surface area (Å²) in [6, 6.07) is 3.89. The third kappa shape index (κ3) is 4.65. The lowest BCUT2D eigenvalue weighted by Gasteiger charge is -2.16. The van der Waals surface area contributed by atoms with Gasteiger partial charge in [-0.3, -0.25) is 4.79 Å². The SMILES string of the molecule is COc1ccc(C(=O)NCC[C@H]2CCCN2)c(OC)c1OC.Cl. The lowest BCUT2D eigenvalue weighted by molar-refractivity contribution is 0.0948. The molecule has 6 nitrogen and oxygen atoms in total. The maximum Gasteiger partial charge on any atom is 0.255 e. The van der Waals surface area contributed by atoms with Gasteiger partial charge >= 0.3 is 0 Å². The third-order valence-corrected chi connectivity index (χ3v) is 3.89. The highest BCUT2D eigenvalue weighted by atomic mass is 35.5. The van der Waals surface area contributed by atoms with Crippen LogP contribution in [-0.4, -0.2) is 46.4 Å². The molecule has 7 heteroatoms. The third-order valence-electron chi connectivity index (χ3n) is 3.89. The Bertz CT molecular complexity index is 519. The molecule has 0 bridgehead atoms. The fourth-order valence-corrected chi connectivity index (χ4v) is 2.74. The van der Waals surface area contributed by atoms with Crippen molar-refractivity contribution in [1.29, 1.82) is 0 Å². The summed E-state index contributed by atoms with van der Waals surface area (Å²) in [4.78, 5) is 12.4. The van der Waals surface area contributed by atoms with E-state index < -0.39 is 0 Å². The molecule has 1 saturated heterocycles. The summed E-state index contributed by atoms with van der Waals surface area (Å²) >= 11 is 0. The molecule has 1 fully saturated rings. The maximum atomic E-state index is 12.4. The Morgan fingerprint density at radius 1 is 1.22 bits per heavy atom. The van der Waals surface area contributed by atoms with E-state index in [9.17, 15) is 4.79 Å². The summed E-state index contributed by atoms with van der Waals surface area (Å²) in [5.74, 6) is 1.18. The molecule has 0 aromatic heterocycles. The molecular weight excluding hydrogens is 320 g/mol. The van der Waals surface area contributed by atoms with Gasteiger partial charge in [-0.05, 0) is 37.9 Å². The van der Waals surface area contributed by atoms with Crippen molar-refractivity contribution in [2.24, 2.45) is 0 Å². The molecule has 1 heterocycles. The zero-order valence-electron chi connectivity index (χ0n) is 13.8. The zero-order valence-corrected chi connectivity index (χ0v) is 14.6. The Balaban J connectivity index is 0.00000264. The summed E-state index contributed by atoms with van der Waals surface area (Å²) in [5.41, 5.74) is 0.444. The van der Waals surface area contributed by atoms with Crippen LogP contribution in [0.1, 0.15) is 29.6 Å². The first-order valence-electron chi connectivity index (χ1n) is 7.51. The molecule has 2 N–H and O–H groups in total. The average Bonchev–Trinajstić information content (AvgIpc) is 3.06. The molecule has 1 aromatic rings. The number of carbonyl (C=O) groups is 1. The minimum Gasteiger partial charge on any atom is -0.493 e. The predicted molar refractivity (Wildman–Crippen MR) is 91.3 cm³/mol. The molecular formula is C16H25ClN2O4. The van der Waals surface area contributed by atoms with Gasteiger partial charge in [0.15, 0.2) is 11.5 Å². The normalized spacial score (nSPS) is 16.4. The van der Waals surface area contributed by atoms with E-state index in [2.05, 4.69) is 10.6 Å². The second-order valence-corrected chi connectivity index (χ2v) is 5.22. The largest absolute Gasteiger partial charge is 0.493 e. The van der Waals surface area contributed by atoms with E-state index in [1.165, 1.54) is 27.1 Å². The minimum absolute atomic E-state index is 0. The van der Waals surface area contributed by atoms with E-state index in [1.807, 2.05) is 0 Å². The van der Waals surface area contributed by atoms with E-state index in [1.54, 1.807) is 19.2 Å². The number of ether oxygens (including phenoxy) is 3. The van der Waals surface area contributed by atoms with Crippen LogP contribution in [0.25, 0.3) is 0 Å². The monoisotopic (exact) mass is 344 g/mol. The molecule has 0 aliphatic carbocycles. The van der Waals surface area contributed by atoms with Gasteiger partial charge < -0.3 is 24.8 Å². The molecule has 0 unspecified atom stereocenters. The number of hydrogen-bond donors (Lipinski definition) is 2. The van der Waals surface area contributed by atoms with Crippen LogP contribution in [-0.2, 0) is 0 Å². The molecule has 1 aliphatic rings. The Hall–Kier alpha value is -1.66. The number of methoxy groups -OCH3 is 3. The van der Waals surface area contributed by atoms with Gasteiger partial charge in [0.05, 0.1) is 26.9 Å². The van der Waals surface area contributed by atoms with Gasteiger partial charge in [-0.25, -0.2) is 0 Å². The molecule has 1 atom stereocenters. The van der Waals surface area contributed by atoms with Crippen molar-refractivity contribution >= 4 is 18.3 Å². The Labute approximate surface area is 143 Å². The fourth-order valence-electron chi connectivity index (χ4n) is 2.74. The molecule has 0 saturated carbocycles. The van der Waals surface area contributed by atoms with E-state index in [-0.39, 0.29) is 18.3 Å². The number of nitrogens with one attached hydrogen (secondary N) is 2. The van der Waals surface area contributed by atoms with E-state index in [0.717, 1.165) is 13.0 Å². The summed E-state index contributed by atoms with van der Waals surface area (Å²) in [6.07, 6.45) is 3.32. The summed E-state index contributed by atoms with van der Waals surface area (Å²) < 4.78 is 15.8. The van der Waals surface area contributed by atoms with Crippen LogP contribution in [0.3, 0.4) is 0 Å². The zero-order chi connectivity index (χ0) is 15.9. The second-order valence-electron chi connectivity index (χ2n) is 5.22. The van der Waals surface area contributed by atoms with Crippen LogP contribution in [0, 0.1) is 0 Å². The second kappa shape index (κ2) is 9.47. The smallest absolute Gasteiger partial charge is 0.255 e. The molecule has 1 amide bonds. The van der Waals surface area contributed by atoms with Crippen LogP contribution in [0.4, 0.5) is 0 Å². The van der Waals surface area contributed by atoms with Crippen LogP contribution in [0.2, 0.25) is 0 Å². The Morgan fingerprint density at radius 3 is 2.52 bits per heavy atom. The van der Waals surface area contributed by atoms with Crippen molar-refractivity contribution < 1.29 is 19.0 Å². The van der Waals surface area contributed by atoms with Crippen molar-refractivity contribution in [3.05, 3.63) is 17.7 Å². The fraction of sp³-hybridized carbons (Fsp3) is 0.562. The lowest BCUT2D eigenvalue weighted by atomic mass is 10.1. The first-order chi connectivity index (χ1) is 10.7. The van der Waals surface area contributed by atoms with Gasteiger partial charge in [-0.2, -0.15) is 0 Å². The number of carbonyl (C=O) groups excluding carboxylic acids is 1. The quantitative estimate of drug-likeness (QED) is 0.792. The number of benzene rings is 1. The molecule has 2 rings (SSSR count). The molecule has 0 spiro atoms. The number of amides is 1. The predicted octanol–water partition coefficient (Wildman–Crippen LogP) is 2.01.